The topological polar surface area (TPSA) is 86.9 Å². The fraction of sp³-hybridized carbons (Fsp3) is 0.250. The first-order valence-corrected chi connectivity index (χ1v) is 7.09. The third-order valence-corrected chi connectivity index (χ3v) is 4.23. The molecule has 4 rings (SSSR count). The lowest BCUT2D eigenvalue weighted by molar-refractivity contribution is 0.521. The van der Waals surface area contributed by atoms with Crippen LogP contribution in [0.4, 0.5) is 0 Å². The van der Waals surface area contributed by atoms with Gasteiger partial charge in [-0.25, -0.2) is 4.98 Å². The van der Waals surface area contributed by atoms with E-state index in [1.807, 2.05) is 14.0 Å². The van der Waals surface area contributed by atoms with Crippen molar-refractivity contribution in [2.24, 2.45) is 7.05 Å². The monoisotopic (exact) mass is 301 g/mol. The summed E-state index contributed by atoms with van der Waals surface area (Å²) in [7, 11) is 1.89. The van der Waals surface area contributed by atoms with Crippen molar-refractivity contribution in [3.63, 3.8) is 0 Å². The highest BCUT2D eigenvalue weighted by molar-refractivity contribution is 7.19. The summed E-state index contributed by atoms with van der Waals surface area (Å²) in [6.07, 6.45) is 3.36. The van der Waals surface area contributed by atoms with Gasteiger partial charge in [-0.3, -0.25) is 4.68 Å². The Morgan fingerprint density at radius 1 is 1.24 bits per heavy atom. The zero-order valence-electron chi connectivity index (χ0n) is 11.6. The van der Waals surface area contributed by atoms with E-state index in [9.17, 15) is 0 Å². The van der Waals surface area contributed by atoms with Gasteiger partial charge in [0.15, 0.2) is 16.7 Å². The molecule has 0 N–H and O–H groups in total. The van der Waals surface area contributed by atoms with E-state index in [-0.39, 0.29) is 0 Å². The van der Waals surface area contributed by atoms with Crippen molar-refractivity contribution < 1.29 is 4.42 Å². The van der Waals surface area contributed by atoms with Gasteiger partial charge in [-0.2, -0.15) is 14.7 Å². The minimum absolute atomic E-state index is 0.610. The Morgan fingerprint density at radius 3 is 2.76 bits per heavy atom. The molecule has 4 heterocycles. The molecule has 0 aliphatic carbocycles. The largest absolute Gasteiger partial charge is 0.449 e. The van der Waals surface area contributed by atoms with Gasteiger partial charge in [0, 0.05) is 19.7 Å². The summed E-state index contributed by atoms with van der Waals surface area (Å²) in [5.41, 5.74) is 2.63. The highest BCUT2D eigenvalue weighted by Gasteiger charge is 2.18. The first-order chi connectivity index (χ1) is 10.1. The molecular weight excluding hydrogens is 290 g/mol. The summed E-state index contributed by atoms with van der Waals surface area (Å²) in [5.74, 6) is 1.29. The zero-order chi connectivity index (χ0) is 14.6. The molecule has 0 bridgehead atoms. The number of aryl methyl sites for hydroxylation is 2. The average molecular weight is 301 g/mol. The predicted molar refractivity (Wildman–Crippen MR) is 75.8 cm³/mol. The van der Waals surface area contributed by atoms with E-state index < -0.39 is 0 Å². The molecule has 4 aromatic rings. The number of aromatic nitrogens is 7. The van der Waals surface area contributed by atoms with Crippen molar-refractivity contribution in [3.8, 4) is 22.1 Å². The average Bonchev–Trinajstić information content (AvgIpc) is 3.17. The fourth-order valence-electron chi connectivity index (χ4n) is 2.07. The third kappa shape index (κ3) is 1.77. The Morgan fingerprint density at radius 2 is 2.10 bits per heavy atom. The van der Waals surface area contributed by atoms with Crippen LogP contribution in [0.25, 0.3) is 27.1 Å². The Bertz CT molecular complexity index is 944. The molecule has 9 heteroatoms. The van der Waals surface area contributed by atoms with Crippen molar-refractivity contribution in [1.29, 1.82) is 0 Å². The maximum absolute atomic E-state index is 5.23. The molecule has 4 aromatic heterocycles. The van der Waals surface area contributed by atoms with Gasteiger partial charge < -0.3 is 4.42 Å². The molecule has 0 saturated carbocycles. The molecule has 0 radical (unpaired) electrons. The van der Waals surface area contributed by atoms with Gasteiger partial charge in [0.05, 0.1) is 11.8 Å². The normalized spacial score (nSPS) is 11.6. The van der Waals surface area contributed by atoms with E-state index in [4.69, 9.17) is 4.42 Å². The van der Waals surface area contributed by atoms with Gasteiger partial charge in [0.1, 0.15) is 12.0 Å². The van der Waals surface area contributed by atoms with E-state index in [2.05, 4.69) is 25.4 Å². The quantitative estimate of drug-likeness (QED) is 0.561. The van der Waals surface area contributed by atoms with Crippen molar-refractivity contribution in [3.05, 3.63) is 24.0 Å². The lowest BCUT2D eigenvalue weighted by Gasteiger charge is -1.96. The summed E-state index contributed by atoms with van der Waals surface area (Å²) >= 11 is 1.42. The molecule has 0 saturated heterocycles. The Balaban J connectivity index is 1.88. The molecule has 0 fully saturated rings. The number of hydrogen-bond acceptors (Lipinski definition) is 7. The molecule has 106 valence electrons. The molecule has 0 unspecified atom stereocenters. The zero-order valence-corrected chi connectivity index (χ0v) is 12.4. The summed E-state index contributed by atoms with van der Waals surface area (Å²) in [6.45, 7) is 3.78. The highest BCUT2D eigenvalue weighted by atomic mass is 32.1. The Hall–Kier alpha value is -2.55. The standard InChI is InChI=1S/C12H11N7OS/c1-6-8(4-13-18(6)3)10-15-16-12-19(10)17-11(21-12)9-5-20-7(2)14-9/h4-5H,1-3H3. The Labute approximate surface area is 123 Å². The minimum atomic E-state index is 0.610. The van der Waals surface area contributed by atoms with E-state index in [1.165, 1.54) is 11.3 Å². The first-order valence-electron chi connectivity index (χ1n) is 6.27. The van der Waals surface area contributed by atoms with Crippen LogP contribution >= 0.6 is 11.3 Å². The lowest BCUT2D eigenvalue weighted by atomic mass is 10.2. The van der Waals surface area contributed by atoms with E-state index >= 15 is 0 Å². The van der Waals surface area contributed by atoms with Crippen LogP contribution in [0.3, 0.4) is 0 Å². The maximum atomic E-state index is 5.23. The lowest BCUT2D eigenvalue weighted by Crippen LogP contribution is -1.95. The number of nitrogens with zero attached hydrogens (tertiary/aromatic N) is 7. The van der Waals surface area contributed by atoms with Crippen LogP contribution in [-0.2, 0) is 7.05 Å². The van der Waals surface area contributed by atoms with Crippen LogP contribution in [0.5, 0.6) is 0 Å². The summed E-state index contributed by atoms with van der Waals surface area (Å²) in [6, 6.07) is 0. The molecule has 0 aliphatic heterocycles. The number of rotatable bonds is 2. The van der Waals surface area contributed by atoms with Crippen LogP contribution < -0.4 is 0 Å². The number of oxazole rings is 1. The van der Waals surface area contributed by atoms with Gasteiger partial charge in [-0.1, -0.05) is 11.3 Å². The first kappa shape index (κ1) is 12.2. The minimum Gasteiger partial charge on any atom is -0.449 e. The molecule has 0 aliphatic rings. The number of hydrogen-bond donors (Lipinski definition) is 0. The van der Waals surface area contributed by atoms with Crippen molar-refractivity contribution in [1.82, 2.24) is 34.6 Å². The van der Waals surface area contributed by atoms with Crippen LogP contribution in [0.1, 0.15) is 11.6 Å². The molecule has 21 heavy (non-hydrogen) atoms. The molecule has 0 spiro atoms. The van der Waals surface area contributed by atoms with Gasteiger partial charge in [-0.15, -0.1) is 10.2 Å². The van der Waals surface area contributed by atoms with Crippen molar-refractivity contribution >= 4 is 16.3 Å². The van der Waals surface area contributed by atoms with Gasteiger partial charge in [0.25, 0.3) is 0 Å². The van der Waals surface area contributed by atoms with Gasteiger partial charge in [-0.05, 0) is 6.92 Å². The molecule has 0 atom stereocenters. The second-order valence-corrected chi connectivity index (χ2v) is 5.60. The van der Waals surface area contributed by atoms with Crippen LogP contribution in [0.2, 0.25) is 0 Å². The number of fused-ring (bicyclic) bond motifs is 1. The molecule has 8 nitrogen and oxygen atoms in total. The Kier molecular flexibility index (Phi) is 2.45. The van der Waals surface area contributed by atoms with Crippen LogP contribution in [0.15, 0.2) is 16.9 Å². The van der Waals surface area contributed by atoms with Crippen LogP contribution in [-0.4, -0.2) is 34.6 Å². The molecular formula is C12H11N7OS. The second kappa shape index (κ2) is 4.22. The smallest absolute Gasteiger partial charge is 0.235 e. The summed E-state index contributed by atoms with van der Waals surface area (Å²) in [5, 5.41) is 17.9. The van der Waals surface area contributed by atoms with E-state index in [0.29, 0.717) is 22.4 Å². The fourth-order valence-corrected chi connectivity index (χ4v) is 2.86. The summed E-state index contributed by atoms with van der Waals surface area (Å²) in [4.78, 5) is 5.00. The SMILES string of the molecule is Cc1nc(-c2nn3c(-c4cnn(C)c4C)nnc3s2)co1. The van der Waals surface area contributed by atoms with Crippen molar-refractivity contribution in [2.75, 3.05) is 0 Å². The highest BCUT2D eigenvalue weighted by Crippen LogP contribution is 2.28. The maximum Gasteiger partial charge on any atom is 0.235 e. The summed E-state index contributed by atoms with van der Waals surface area (Å²) < 4.78 is 8.74. The van der Waals surface area contributed by atoms with Crippen LogP contribution in [0, 0.1) is 13.8 Å². The van der Waals surface area contributed by atoms with E-state index in [1.54, 1.807) is 28.6 Å². The van der Waals surface area contributed by atoms with E-state index in [0.717, 1.165) is 16.3 Å². The third-order valence-electron chi connectivity index (χ3n) is 3.31. The second-order valence-electron chi connectivity index (χ2n) is 4.64. The van der Waals surface area contributed by atoms with Gasteiger partial charge >= 0.3 is 0 Å². The van der Waals surface area contributed by atoms with Crippen molar-refractivity contribution in [2.45, 2.75) is 13.8 Å². The molecule has 0 amide bonds. The molecule has 0 aromatic carbocycles. The van der Waals surface area contributed by atoms with Gasteiger partial charge in [0.2, 0.25) is 4.96 Å². The predicted octanol–water partition coefficient (Wildman–Crippen LogP) is 1.86.